The topological polar surface area (TPSA) is 90.5 Å². The maximum atomic E-state index is 12.8. The lowest BCUT2D eigenvalue weighted by Crippen LogP contribution is -2.48. The number of carbonyl (C=O) groups excluding carboxylic acids is 3. The van der Waals surface area contributed by atoms with Gasteiger partial charge in [-0.25, -0.2) is 9.18 Å². The Kier molecular flexibility index (Phi) is 7.13. The maximum absolute atomic E-state index is 12.8. The van der Waals surface area contributed by atoms with Crippen molar-refractivity contribution in [3.63, 3.8) is 0 Å². The molecule has 2 rings (SSSR count). The van der Waals surface area contributed by atoms with Gasteiger partial charge in [-0.1, -0.05) is 6.58 Å². The number of nitrogens with one attached hydrogen (secondary N) is 3. The summed E-state index contributed by atoms with van der Waals surface area (Å²) < 4.78 is 12.8. The van der Waals surface area contributed by atoms with Crippen LogP contribution in [0.15, 0.2) is 36.9 Å². The molecule has 0 saturated carbocycles. The number of benzene rings is 1. The highest BCUT2D eigenvalue weighted by Gasteiger charge is 2.23. The average molecular weight is 362 g/mol. The van der Waals surface area contributed by atoms with Gasteiger partial charge in [-0.3, -0.25) is 9.59 Å². The molecule has 7 nitrogen and oxygen atoms in total. The fourth-order valence-electron chi connectivity index (χ4n) is 2.68. The van der Waals surface area contributed by atoms with Crippen LogP contribution >= 0.6 is 0 Å². The molecule has 0 aromatic heterocycles. The van der Waals surface area contributed by atoms with Gasteiger partial charge in [0.25, 0.3) is 0 Å². The maximum Gasteiger partial charge on any atom is 0.319 e. The van der Waals surface area contributed by atoms with Gasteiger partial charge in [0.05, 0.1) is 0 Å². The van der Waals surface area contributed by atoms with Gasteiger partial charge in [0, 0.05) is 37.8 Å². The lowest BCUT2D eigenvalue weighted by atomic mass is 10.0. The zero-order chi connectivity index (χ0) is 18.9. The van der Waals surface area contributed by atoms with Gasteiger partial charge in [-0.15, -0.1) is 0 Å². The molecule has 0 atom stereocenters. The standard InChI is InChI=1S/C18H23FN4O3/c1-2-16(24)20-10-7-17(25)23-11-8-15(9-12-23)22-18(26)21-14-5-3-13(19)4-6-14/h2-6,15H,1,7-12H2,(H,20,24)(H2,21,22,26). The van der Waals surface area contributed by atoms with Crippen LogP contribution in [0.5, 0.6) is 0 Å². The zero-order valence-corrected chi connectivity index (χ0v) is 14.5. The Balaban J connectivity index is 1.68. The third-order valence-corrected chi connectivity index (χ3v) is 4.11. The Morgan fingerprint density at radius 1 is 1.19 bits per heavy atom. The van der Waals surface area contributed by atoms with Crippen LogP contribution in [0.4, 0.5) is 14.9 Å². The van der Waals surface area contributed by atoms with Crippen LogP contribution in [0.3, 0.4) is 0 Å². The fraction of sp³-hybridized carbons (Fsp3) is 0.389. The highest BCUT2D eigenvalue weighted by atomic mass is 19.1. The van der Waals surface area contributed by atoms with Crippen LogP contribution in [-0.2, 0) is 9.59 Å². The van der Waals surface area contributed by atoms with Gasteiger partial charge in [-0.2, -0.15) is 0 Å². The number of hydrogen-bond donors (Lipinski definition) is 3. The molecule has 3 N–H and O–H groups in total. The number of nitrogens with zero attached hydrogens (tertiary/aromatic N) is 1. The molecule has 26 heavy (non-hydrogen) atoms. The lowest BCUT2D eigenvalue weighted by Gasteiger charge is -2.32. The number of carbonyl (C=O) groups is 3. The first-order valence-corrected chi connectivity index (χ1v) is 8.49. The summed E-state index contributed by atoms with van der Waals surface area (Å²) in [5, 5.41) is 8.08. The molecule has 8 heteroatoms. The van der Waals surface area contributed by atoms with E-state index in [0.29, 0.717) is 31.6 Å². The summed E-state index contributed by atoms with van der Waals surface area (Å²) in [6.45, 7) is 4.73. The molecular weight excluding hydrogens is 339 g/mol. The number of anilines is 1. The van der Waals surface area contributed by atoms with Crippen LogP contribution in [-0.4, -0.2) is 48.4 Å². The summed E-state index contributed by atoms with van der Waals surface area (Å²) >= 11 is 0. The van der Waals surface area contributed by atoms with Gasteiger partial charge in [0.2, 0.25) is 11.8 Å². The molecule has 0 radical (unpaired) electrons. The number of amides is 4. The summed E-state index contributed by atoms with van der Waals surface area (Å²) in [6, 6.07) is 5.14. The quantitative estimate of drug-likeness (QED) is 0.672. The largest absolute Gasteiger partial charge is 0.352 e. The van der Waals surface area contributed by atoms with Crippen molar-refractivity contribution in [1.29, 1.82) is 0 Å². The second kappa shape index (κ2) is 9.55. The van der Waals surface area contributed by atoms with Crippen LogP contribution in [0.2, 0.25) is 0 Å². The highest BCUT2D eigenvalue weighted by Crippen LogP contribution is 2.12. The Morgan fingerprint density at radius 2 is 1.85 bits per heavy atom. The number of urea groups is 1. The van der Waals surface area contributed by atoms with Gasteiger partial charge in [0.15, 0.2) is 0 Å². The molecular formula is C18H23FN4O3. The van der Waals surface area contributed by atoms with Crippen molar-refractivity contribution in [3.8, 4) is 0 Å². The van der Waals surface area contributed by atoms with E-state index in [1.807, 2.05) is 0 Å². The van der Waals surface area contributed by atoms with Crippen molar-refractivity contribution in [2.75, 3.05) is 25.0 Å². The van der Waals surface area contributed by atoms with Crippen LogP contribution in [0.25, 0.3) is 0 Å². The Morgan fingerprint density at radius 3 is 2.46 bits per heavy atom. The molecule has 1 aromatic rings. The van der Waals surface area contributed by atoms with E-state index in [1.165, 1.54) is 30.3 Å². The Bertz CT molecular complexity index is 655. The van der Waals surface area contributed by atoms with E-state index in [0.717, 1.165) is 0 Å². The molecule has 4 amide bonds. The van der Waals surface area contributed by atoms with E-state index in [-0.39, 0.29) is 42.7 Å². The van der Waals surface area contributed by atoms with Crippen molar-refractivity contribution in [1.82, 2.24) is 15.5 Å². The van der Waals surface area contributed by atoms with E-state index < -0.39 is 0 Å². The van der Waals surface area contributed by atoms with E-state index >= 15 is 0 Å². The van der Waals surface area contributed by atoms with Crippen molar-refractivity contribution >= 4 is 23.5 Å². The lowest BCUT2D eigenvalue weighted by molar-refractivity contribution is -0.132. The summed E-state index contributed by atoms with van der Waals surface area (Å²) in [5.74, 6) is -0.687. The van der Waals surface area contributed by atoms with E-state index in [4.69, 9.17) is 0 Å². The van der Waals surface area contributed by atoms with Crippen molar-refractivity contribution < 1.29 is 18.8 Å². The first-order valence-electron chi connectivity index (χ1n) is 8.49. The highest BCUT2D eigenvalue weighted by molar-refractivity contribution is 5.89. The van der Waals surface area contributed by atoms with Gasteiger partial charge >= 0.3 is 6.03 Å². The van der Waals surface area contributed by atoms with Crippen molar-refractivity contribution in [3.05, 3.63) is 42.7 Å². The Hall–Kier alpha value is -2.90. The Labute approximate surface area is 151 Å². The minimum Gasteiger partial charge on any atom is -0.352 e. The van der Waals surface area contributed by atoms with Gasteiger partial charge < -0.3 is 20.9 Å². The predicted molar refractivity (Wildman–Crippen MR) is 96.0 cm³/mol. The predicted octanol–water partition coefficient (Wildman–Crippen LogP) is 1.63. The monoisotopic (exact) mass is 362 g/mol. The van der Waals surface area contributed by atoms with E-state index in [9.17, 15) is 18.8 Å². The second-order valence-electron chi connectivity index (χ2n) is 6.01. The molecule has 0 aliphatic carbocycles. The molecule has 0 unspecified atom stereocenters. The molecule has 0 spiro atoms. The molecule has 1 aromatic carbocycles. The van der Waals surface area contributed by atoms with Crippen LogP contribution in [0, 0.1) is 5.82 Å². The summed E-state index contributed by atoms with van der Waals surface area (Å²) in [6.07, 6.45) is 2.71. The number of hydrogen-bond acceptors (Lipinski definition) is 3. The van der Waals surface area contributed by atoms with Gasteiger partial charge in [0.1, 0.15) is 5.82 Å². The van der Waals surface area contributed by atoms with E-state index in [2.05, 4.69) is 22.5 Å². The van der Waals surface area contributed by atoms with Crippen LogP contribution in [0.1, 0.15) is 19.3 Å². The summed E-state index contributed by atoms with van der Waals surface area (Å²) in [7, 11) is 0. The molecule has 1 aliphatic rings. The summed E-state index contributed by atoms with van der Waals surface area (Å²) in [5.41, 5.74) is 0.512. The minimum atomic E-state index is -0.364. The van der Waals surface area contributed by atoms with Crippen LogP contribution < -0.4 is 16.0 Å². The molecule has 1 saturated heterocycles. The molecule has 1 aliphatic heterocycles. The number of rotatable bonds is 6. The molecule has 0 bridgehead atoms. The average Bonchev–Trinajstić information content (AvgIpc) is 2.64. The SMILES string of the molecule is C=CC(=O)NCCC(=O)N1CCC(NC(=O)Nc2ccc(F)cc2)CC1. The number of halogens is 1. The number of piperidine rings is 1. The third-order valence-electron chi connectivity index (χ3n) is 4.11. The smallest absolute Gasteiger partial charge is 0.319 e. The third kappa shape index (κ3) is 6.19. The second-order valence-corrected chi connectivity index (χ2v) is 6.01. The minimum absolute atomic E-state index is 0.0245. The number of likely N-dealkylation sites (tertiary alicyclic amines) is 1. The molecule has 140 valence electrons. The summed E-state index contributed by atoms with van der Waals surface area (Å²) in [4.78, 5) is 36.8. The first-order chi connectivity index (χ1) is 12.5. The normalized spacial score (nSPS) is 14.4. The van der Waals surface area contributed by atoms with E-state index in [1.54, 1.807) is 4.90 Å². The van der Waals surface area contributed by atoms with Crippen molar-refractivity contribution in [2.24, 2.45) is 0 Å². The first kappa shape index (κ1) is 19.4. The van der Waals surface area contributed by atoms with Crippen molar-refractivity contribution in [2.45, 2.75) is 25.3 Å². The molecule has 1 heterocycles. The zero-order valence-electron chi connectivity index (χ0n) is 14.5. The van der Waals surface area contributed by atoms with Gasteiger partial charge in [-0.05, 0) is 43.2 Å². The molecule has 1 fully saturated rings. The fourth-order valence-corrected chi connectivity index (χ4v) is 2.68.